The number of esters is 2. The third-order valence-electron chi connectivity index (χ3n) is 8.12. The van der Waals surface area contributed by atoms with Gasteiger partial charge in [0.2, 0.25) is 0 Å². The van der Waals surface area contributed by atoms with Crippen molar-refractivity contribution in [2.45, 2.75) is 161 Å². The molecule has 0 saturated carbocycles. The Bertz CT molecular complexity index is 1070. The van der Waals surface area contributed by atoms with Gasteiger partial charge < -0.3 is 34.8 Å². The Hall–Kier alpha value is -2.15. The van der Waals surface area contributed by atoms with Crippen LogP contribution in [-0.2, 0) is 32.7 Å². The monoisotopic (exact) mass is 774 g/mol. The Morgan fingerprint density at radius 2 is 1.19 bits per heavy atom. The summed E-state index contributed by atoms with van der Waals surface area (Å²) in [6.45, 7) is 4.25. The molecule has 1 unspecified atom stereocenters. The van der Waals surface area contributed by atoms with Crippen LogP contribution in [0.25, 0.3) is 0 Å². The molecule has 0 aromatic heterocycles. The molecule has 0 aromatic carbocycles. The van der Waals surface area contributed by atoms with Crippen LogP contribution in [0.5, 0.6) is 0 Å². The zero-order valence-electron chi connectivity index (χ0n) is 32.6. The smallest absolute Gasteiger partial charge is 0.462 e. The molecular formula is C40H71O12P. The van der Waals surface area contributed by atoms with Gasteiger partial charge in [-0.05, 0) is 38.0 Å². The van der Waals surface area contributed by atoms with Gasteiger partial charge in [0.25, 0.3) is 0 Å². The second kappa shape index (κ2) is 34.3. The number of hydrogen-bond acceptors (Lipinski definition) is 11. The first-order valence-electron chi connectivity index (χ1n) is 19.7. The summed E-state index contributed by atoms with van der Waals surface area (Å²) < 4.78 is 32.4. The average molecular weight is 775 g/mol. The first-order valence-corrected chi connectivity index (χ1v) is 21.2. The normalized spacial score (nSPS) is 15.8. The van der Waals surface area contributed by atoms with Gasteiger partial charge in [0.1, 0.15) is 12.7 Å². The van der Waals surface area contributed by atoms with Crippen LogP contribution in [0.1, 0.15) is 136 Å². The Balaban J connectivity index is 4.63. The van der Waals surface area contributed by atoms with Crippen LogP contribution in [0.2, 0.25) is 0 Å². The first-order chi connectivity index (χ1) is 25.4. The third kappa shape index (κ3) is 35.3. The van der Waals surface area contributed by atoms with Gasteiger partial charge in [-0.3, -0.25) is 18.6 Å². The molecule has 12 nitrogen and oxygen atoms in total. The van der Waals surface area contributed by atoms with E-state index in [0.717, 1.165) is 50.9 Å². The van der Waals surface area contributed by atoms with Gasteiger partial charge in [-0.1, -0.05) is 140 Å². The van der Waals surface area contributed by atoms with Crippen LogP contribution in [0.15, 0.2) is 48.6 Å². The van der Waals surface area contributed by atoms with Crippen molar-refractivity contribution in [3.05, 3.63) is 48.6 Å². The number of ether oxygens (including phenoxy) is 2. The summed E-state index contributed by atoms with van der Waals surface area (Å²) in [5.74, 6) is -0.415. The SMILES string of the molecule is CCCCC[C@@H](O)/C=C/C=C\C/C=C\C=C\[C@@H](O)CCCC(=O)O[C@H](COC(=O)CCCCCCCCCCC(C)C)COP(=O)(O)OC[C@@H](O)CO. The number of aliphatic hydroxyl groups excluding tert-OH is 4. The minimum absolute atomic E-state index is 0.0650. The van der Waals surface area contributed by atoms with Crippen molar-refractivity contribution in [1.29, 1.82) is 0 Å². The lowest BCUT2D eigenvalue weighted by Gasteiger charge is -2.20. The van der Waals surface area contributed by atoms with Crippen molar-refractivity contribution < 1.29 is 58.0 Å². The first kappa shape index (κ1) is 50.9. The highest BCUT2D eigenvalue weighted by Crippen LogP contribution is 2.43. The minimum Gasteiger partial charge on any atom is -0.462 e. The number of aliphatic hydroxyl groups is 4. The molecule has 0 saturated heterocycles. The van der Waals surface area contributed by atoms with Gasteiger partial charge >= 0.3 is 19.8 Å². The van der Waals surface area contributed by atoms with E-state index in [9.17, 15) is 34.4 Å². The van der Waals surface area contributed by atoms with Crippen molar-refractivity contribution in [1.82, 2.24) is 0 Å². The number of hydrogen-bond donors (Lipinski definition) is 5. The second-order valence-electron chi connectivity index (χ2n) is 13.8. The van der Waals surface area contributed by atoms with E-state index in [2.05, 4.69) is 25.3 Å². The molecule has 13 heteroatoms. The van der Waals surface area contributed by atoms with E-state index in [0.29, 0.717) is 19.3 Å². The van der Waals surface area contributed by atoms with E-state index in [1.165, 1.54) is 32.1 Å². The number of phosphoric acid groups is 1. The van der Waals surface area contributed by atoms with Gasteiger partial charge in [-0.25, -0.2) is 4.57 Å². The van der Waals surface area contributed by atoms with Crippen molar-refractivity contribution >= 4 is 19.8 Å². The predicted octanol–water partition coefficient (Wildman–Crippen LogP) is 7.57. The number of allylic oxidation sites excluding steroid dienone is 6. The molecule has 0 fully saturated rings. The molecule has 0 rings (SSSR count). The van der Waals surface area contributed by atoms with E-state index >= 15 is 0 Å². The second-order valence-corrected chi connectivity index (χ2v) is 15.3. The Labute approximate surface area is 319 Å². The van der Waals surface area contributed by atoms with Crippen LogP contribution in [0, 0.1) is 5.92 Å². The third-order valence-corrected chi connectivity index (χ3v) is 9.07. The standard InChI is InChI=1S/C40H71O12P/c1-4-5-17-24-35(42)25-19-14-10-8-11-15-20-26-36(43)27-22-29-40(46)52-38(33-51-53(47,48)50-31-37(44)30-41)32-49-39(45)28-21-16-12-7-6-9-13-18-23-34(2)3/h10-11,14-15,19-20,25-26,34-38,41-44H,4-9,12-13,16-18,21-24,27-33H2,1-3H3,(H,47,48)/b14-10-,15-11-,25-19+,26-20+/t35-,36-,37+,38-/m1/s1. The molecular weight excluding hydrogens is 703 g/mol. The lowest BCUT2D eigenvalue weighted by Crippen LogP contribution is -2.30. The van der Waals surface area contributed by atoms with Gasteiger partial charge in [0, 0.05) is 12.8 Å². The summed E-state index contributed by atoms with van der Waals surface area (Å²) in [5.41, 5.74) is 0. The van der Waals surface area contributed by atoms with Crippen molar-refractivity contribution in [3.63, 3.8) is 0 Å². The van der Waals surface area contributed by atoms with E-state index in [4.69, 9.17) is 19.1 Å². The molecule has 0 aliphatic carbocycles. The molecule has 0 spiro atoms. The maximum atomic E-state index is 12.6. The van der Waals surface area contributed by atoms with E-state index in [1.54, 1.807) is 18.2 Å². The Morgan fingerprint density at radius 3 is 1.77 bits per heavy atom. The molecule has 53 heavy (non-hydrogen) atoms. The highest BCUT2D eigenvalue weighted by Gasteiger charge is 2.27. The zero-order valence-corrected chi connectivity index (χ0v) is 33.5. The summed E-state index contributed by atoms with van der Waals surface area (Å²) in [6, 6.07) is 0. The van der Waals surface area contributed by atoms with Crippen LogP contribution in [0.4, 0.5) is 0 Å². The van der Waals surface area contributed by atoms with E-state index in [-0.39, 0.29) is 19.3 Å². The van der Waals surface area contributed by atoms with Gasteiger partial charge in [0.05, 0.1) is 32.0 Å². The average Bonchev–Trinajstić information content (AvgIpc) is 3.11. The summed E-state index contributed by atoms with van der Waals surface area (Å²) in [5, 5.41) is 38.4. The van der Waals surface area contributed by atoms with Crippen LogP contribution in [-0.4, -0.2) is 88.1 Å². The molecule has 0 aliphatic heterocycles. The highest BCUT2D eigenvalue weighted by molar-refractivity contribution is 7.47. The summed E-state index contributed by atoms with van der Waals surface area (Å²) in [6.07, 6.45) is 26.0. The molecule has 0 aliphatic rings. The molecule has 5 atom stereocenters. The molecule has 308 valence electrons. The molecule has 0 heterocycles. The Kier molecular flexibility index (Phi) is 33.0. The summed E-state index contributed by atoms with van der Waals surface area (Å²) in [4.78, 5) is 34.8. The van der Waals surface area contributed by atoms with Gasteiger partial charge in [-0.2, -0.15) is 0 Å². The molecule has 0 radical (unpaired) electrons. The molecule has 5 N–H and O–H groups in total. The number of carbonyl (C=O) groups excluding carboxylic acids is 2. The van der Waals surface area contributed by atoms with Crippen molar-refractivity contribution in [2.24, 2.45) is 5.92 Å². The maximum absolute atomic E-state index is 12.6. The van der Waals surface area contributed by atoms with Gasteiger partial charge in [-0.15, -0.1) is 0 Å². The minimum atomic E-state index is -4.68. The molecule has 0 amide bonds. The lowest BCUT2D eigenvalue weighted by atomic mass is 10.0. The van der Waals surface area contributed by atoms with Gasteiger partial charge in [0.15, 0.2) is 6.10 Å². The van der Waals surface area contributed by atoms with Crippen molar-refractivity contribution in [2.75, 3.05) is 26.4 Å². The fourth-order valence-corrected chi connectivity index (χ4v) is 5.77. The highest BCUT2D eigenvalue weighted by atomic mass is 31.2. The zero-order chi connectivity index (χ0) is 39.6. The molecule has 0 aromatic rings. The molecule has 0 bridgehead atoms. The largest absolute Gasteiger partial charge is 0.472 e. The maximum Gasteiger partial charge on any atom is 0.472 e. The van der Waals surface area contributed by atoms with Crippen molar-refractivity contribution in [3.8, 4) is 0 Å². The van der Waals surface area contributed by atoms with Crippen LogP contribution in [0.3, 0.4) is 0 Å². The summed E-state index contributed by atoms with van der Waals surface area (Å²) >= 11 is 0. The fourth-order valence-electron chi connectivity index (χ4n) is 4.98. The van der Waals surface area contributed by atoms with E-state index < -0.39 is 70.6 Å². The lowest BCUT2D eigenvalue weighted by molar-refractivity contribution is -0.161. The number of phosphoric ester groups is 1. The predicted molar refractivity (Wildman–Crippen MR) is 208 cm³/mol. The van der Waals surface area contributed by atoms with E-state index in [1.807, 2.05) is 30.4 Å². The fraction of sp³-hybridized carbons (Fsp3) is 0.750. The number of unbranched alkanes of at least 4 members (excludes halogenated alkanes) is 9. The quantitative estimate of drug-likeness (QED) is 0.0184. The summed E-state index contributed by atoms with van der Waals surface area (Å²) in [7, 11) is -4.68. The van der Waals surface area contributed by atoms with Crippen LogP contribution >= 0.6 is 7.82 Å². The van der Waals surface area contributed by atoms with Crippen LogP contribution < -0.4 is 0 Å². The number of rotatable bonds is 35. The Morgan fingerprint density at radius 1 is 0.660 bits per heavy atom. The topological polar surface area (TPSA) is 189 Å². The number of carbonyl (C=O) groups is 2.